The zero-order chi connectivity index (χ0) is 23.5. The minimum atomic E-state index is -0.911. The van der Waals surface area contributed by atoms with Crippen LogP contribution in [0.2, 0.25) is 0 Å². The molecule has 7 nitrogen and oxygen atoms in total. The fourth-order valence-electron chi connectivity index (χ4n) is 4.14. The molecule has 0 radical (unpaired) electrons. The van der Waals surface area contributed by atoms with E-state index in [-0.39, 0.29) is 18.1 Å². The number of methoxy groups -OCH3 is 1. The largest absolute Gasteiger partial charge is 0.497 e. The highest BCUT2D eigenvalue weighted by molar-refractivity contribution is 6.05. The first-order valence-corrected chi connectivity index (χ1v) is 11.0. The van der Waals surface area contributed by atoms with E-state index < -0.39 is 12.1 Å². The lowest BCUT2D eigenvalue weighted by Gasteiger charge is -2.36. The van der Waals surface area contributed by atoms with E-state index in [0.29, 0.717) is 35.2 Å². The summed E-state index contributed by atoms with van der Waals surface area (Å²) in [6, 6.07) is 16.6. The zero-order valence-corrected chi connectivity index (χ0v) is 19.3. The number of rotatable bonds is 5. The molecule has 0 spiro atoms. The third-order valence-corrected chi connectivity index (χ3v) is 5.68. The van der Waals surface area contributed by atoms with Crippen molar-refractivity contribution in [2.45, 2.75) is 39.1 Å². The predicted molar refractivity (Wildman–Crippen MR) is 125 cm³/mol. The lowest BCUT2D eigenvalue weighted by atomic mass is 10.0. The van der Waals surface area contributed by atoms with Crippen molar-refractivity contribution in [2.24, 2.45) is 0 Å². The SMILES string of the molecule is COc1ccc(-c2cc(C(=O)OC(C)C(=O)N3CC(C)OC(C)C3)c3ccccc3n2)cc1. The zero-order valence-electron chi connectivity index (χ0n) is 19.3. The number of carbonyl (C=O) groups is 2. The number of para-hydroxylation sites is 1. The average Bonchev–Trinajstić information content (AvgIpc) is 2.82. The summed E-state index contributed by atoms with van der Waals surface area (Å²) in [6.45, 7) is 6.42. The van der Waals surface area contributed by atoms with Gasteiger partial charge in [-0.3, -0.25) is 4.79 Å². The Morgan fingerprint density at radius 1 is 1.06 bits per heavy atom. The maximum atomic E-state index is 13.2. The number of ether oxygens (including phenoxy) is 3. The summed E-state index contributed by atoms with van der Waals surface area (Å²) >= 11 is 0. The van der Waals surface area contributed by atoms with Gasteiger partial charge in [0.15, 0.2) is 6.10 Å². The Bertz CT molecular complexity index is 1150. The molecule has 1 aliphatic rings. The number of morpholine rings is 1. The molecule has 3 unspecified atom stereocenters. The summed E-state index contributed by atoms with van der Waals surface area (Å²) in [5.74, 6) is -0.0454. The predicted octanol–water partition coefficient (Wildman–Crippen LogP) is 4.09. The smallest absolute Gasteiger partial charge is 0.339 e. The van der Waals surface area contributed by atoms with E-state index in [0.717, 1.165) is 11.3 Å². The molecule has 3 aromatic rings. The van der Waals surface area contributed by atoms with Gasteiger partial charge in [-0.25, -0.2) is 9.78 Å². The van der Waals surface area contributed by atoms with Crippen LogP contribution in [0.5, 0.6) is 5.75 Å². The Balaban J connectivity index is 1.61. The van der Waals surface area contributed by atoms with Crippen molar-refractivity contribution in [3.8, 4) is 17.0 Å². The van der Waals surface area contributed by atoms with Crippen LogP contribution in [0.4, 0.5) is 0 Å². The molecule has 3 atom stereocenters. The van der Waals surface area contributed by atoms with Crippen LogP contribution in [0.3, 0.4) is 0 Å². The van der Waals surface area contributed by atoms with Gasteiger partial charge in [0.1, 0.15) is 5.75 Å². The number of nitrogens with zero attached hydrogens (tertiary/aromatic N) is 2. The second-order valence-corrected chi connectivity index (χ2v) is 8.35. The number of hydrogen-bond donors (Lipinski definition) is 0. The van der Waals surface area contributed by atoms with Crippen LogP contribution >= 0.6 is 0 Å². The quantitative estimate of drug-likeness (QED) is 0.547. The number of fused-ring (bicyclic) bond motifs is 1. The summed E-state index contributed by atoms with van der Waals surface area (Å²) < 4.78 is 16.6. The fraction of sp³-hybridized carbons (Fsp3) is 0.346. The Morgan fingerprint density at radius 2 is 1.73 bits per heavy atom. The maximum absolute atomic E-state index is 13.2. The van der Waals surface area contributed by atoms with Gasteiger partial charge in [-0.2, -0.15) is 0 Å². The molecule has 1 aromatic heterocycles. The molecule has 0 saturated carbocycles. The molecule has 7 heteroatoms. The van der Waals surface area contributed by atoms with Crippen molar-refractivity contribution in [3.63, 3.8) is 0 Å². The van der Waals surface area contributed by atoms with E-state index in [1.165, 1.54) is 0 Å². The van der Waals surface area contributed by atoms with Crippen LogP contribution < -0.4 is 4.74 Å². The van der Waals surface area contributed by atoms with E-state index >= 15 is 0 Å². The van der Waals surface area contributed by atoms with Crippen molar-refractivity contribution in [2.75, 3.05) is 20.2 Å². The third-order valence-electron chi connectivity index (χ3n) is 5.68. The highest BCUT2D eigenvalue weighted by atomic mass is 16.5. The average molecular weight is 449 g/mol. The molecule has 0 aliphatic carbocycles. The Kier molecular flexibility index (Phi) is 6.60. The van der Waals surface area contributed by atoms with Crippen LogP contribution in [-0.4, -0.2) is 60.3 Å². The number of esters is 1. The first-order chi connectivity index (χ1) is 15.9. The highest BCUT2D eigenvalue weighted by Gasteiger charge is 2.31. The molecule has 4 rings (SSSR count). The second-order valence-electron chi connectivity index (χ2n) is 8.35. The lowest BCUT2D eigenvalue weighted by Crippen LogP contribution is -2.51. The van der Waals surface area contributed by atoms with Gasteiger partial charge >= 0.3 is 5.97 Å². The standard InChI is InChI=1S/C26H28N2O5/c1-16-14-28(15-17(2)32-16)25(29)18(3)33-26(30)22-13-24(19-9-11-20(31-4)12-10-19)27-23-8-6-5-7-21(22)23/h5-13,16-18H,14-15H2,1-4H3. The van der Waals surface area contributed by atoms with Crippen LogP contribution in [0.25, 0.3) is 22.2 Å². The van der Waals surface area contributed by atoms with Crippen LogP contribution in [0.1, 0.15) is 31.1 Å². The summed E-state index contributed by atoms with van der Waals surface area (Å²) in [4.78, 5) is 32.6. The first-order valence-electron chi connectivity index (χ1n) is 11.0. The van der Waals surface area contributed by atoms with Gasteiger partial charge in [0.25, 0.3) is 5.91 Å². The molecule has 1 fully saturated rings. The number of aromatic nitrogens is 1. The summed E-state index contributed by atoms with van der Waals surface area (Å²) in [6.07, 6.45) is -1.03. The van der Waals surface area contributed by atoms with Crippen LogP contribution in [0, 0.1) is 0 Å². The number of pyridine rings is 1. The molecule has 1 aliphatic heterocycles. The lowest BCUT2D eigenvalue weighted by molar-refractivity contribution is -0.151. The molecular formula is C26H28N2O5. The Labute approximate surface area is 193 Å². The van der Waals surface area contributed by atoms with Gasteiger partial charge in [0.2, 0.25) is 0 Å². The van der Waals surface area contributed by atoms with Crippen molar-refractivity contribution in [3.05, 3.63) is 60.2 Å². The van der Waals surface area contributed by atoms with Crippen molar-refractivity contribution in [1.82, 2.24) is 9.88 Å². The maximum Gasteiger partial charge on any atom is 0.339 e. The van der Waals surface area contributed by atoms with Gasteiger partial charge in [-0.1, -0.05) is 18.2 Å². The fourth-order valence-corrected chi connectivity index (χ4v) is 4.14. The number of amides is 1. The van der Waals surface area contributed by atoms with E-state index in [2.05, 4.69) is 0 Å². The topological polar surface area (TPSA) is 78.0 Å². The molecule has 2 aromatic carbocycles. The Morgan fingerprint density at radius 3 is 2.39 bits per heavy atom. The van der Waals surface area contributed by atoms with Crippen LogP contribution in [-0.2, 0) is 14.3 Å². The van der Waals surface area contributed by atoms with Gasteiger partial charge in [0.05, 0.1) is 36.1 Å². The molecule has 33 heavy (non-hydrogen) atoms. The van der Waals surface area contributed by atoms with E-state index in [4.69, 9.17) is 19.2 Å². The summed E-state index contributed by atoms with van der Waals surface area (Å²) in [5.41, 5.74) is 2.52. The van der Waals surface area contributed by atoms with Gasteiger partial charge < -0.3 is 19.1 Å². The van der Waals surface area contributed by atoms with Gasteiger partial charge in [-0.05, 0) is 57.2 Å². The first kappa shape index (κ1) is 22.7. The summed E-state index contributed by atoms with van der Waals surface area (Å²) in [5, 5.41) is 0.674. The monoisotopic (exact) mass is 448 g/mol. The molecule has 0 bridgehead atoms. The molecule has 0 N–H and O–H groups in total. The highest BCUT2D eigenvalue weighted by Crippen LogP contribution is 2.27. The third kappa shape index (κ3) is 4.98. The molecule has 1 amide bonds. The number of carbonyl (C=O) groups excluding carboxylic acids is 2. The number of hydrogen-bond acceptors (Lipinski definition) is 6. The van der Waals surface area contributed by atoms with Gasteiger partial charge in [-0.15, -0.1) is 0 Å². The number of benzene rings is 2. The minimum Gasteiger partial charge on any atom is -0.497 e. The molecule has 172 valence electrons. The molecule has 1 saturated heterocycles. The van der Waals surface area contributed by atoms with Crippen LogP contribution in [0.15, 0.2) is 54.6 Å². The molecular weight excluding hydrogens is 420 g/mol. The van der Waals surface area contributed by atoms with Crippen molar-refractivity contribution >= 4 is 22.8 Å². The van der Waals surface area contributed by atoms with Crippen molar-refractivity contribution in [1.29, 1.82) is 0 Å². The van der Waals surface area contributed by atoms with Gasteiger partial charge in [0, 0.05) is 24.0 Å². The normalized spacial score (nSPS) is 19.2. The van der Waals surface area contributed by atoms with E-state index in [9.17, 15) is 9.59 Å². The van der Waals surface area contributed by atoms with Crippen molar-refractivity contribution < 1.29 is 23.8 Å². The van der Waals surface area contributed by atoms with E-state index in [1.54, 1.807) is 25.0 Å². The second kappa shape index (κ2) is 9.58. The summed E-state index contributed by atoms with van der Waals surface area (Å²) in [7, 11) is 1.61. The molecule has 2 heterocycles. The minimum absolute atomic E-state index is 0.0585. The Hall–Kier alpha value is -3.45. The van der Waals surface area contributed by atoms with E-state index in [1.807, 2.05) is 62.4 Å².